The van der Waals surface area contributed by atoms with Crippen molar-refractivity contribution in [2.75, 3.05) is 13.1 Å². The molecule has 0 radical (unpaired) electrons. The minimum absolute atomic E-state index is 0.168. The third-order valence-corrected chi connectivity index (χ3v) is 3.01. The molecular formula is C11H23BN2O6. The fourth-order valence-corrected chi connectivity index (χ4v) is 1.83. The number of carboxylic acid groups (broad SMARTS) is 2. The second-order valence-corrected chi connectivity index (χ2v) is 4.86. The molecule has 8 nitrogen and oxygen atoms in total. The Morgan fingerprint density at radius 2 is 1.70 bits per heavy atom. The van der Waals surface area contributed by atoms with Gasteiger partial charge in [-0.1, -0.05) is 12.8 Å². The number of carbonyl (C=O) groups is 2. The van der Waals surface area contributed by atoms with Gasteiger partial charge in [-0.15, -0.1) is 0 Å². The molecule has 0 aliphatic rings. The quantitative estimate of drug-likeness (QED) is 0.195. The van der Waals surface area contributed by atoms with Crippen LogP contribution in [0, 0.1) is 0 Å². The molecule has 0 heterocycles. The van der Waals surface area contributed by atoms with Crippen LogP contribution in [0.25, 0.3) is 0 Å². The highest BCUT2D eigenvalue weighted by Gasteiger charge is 2.32. The number of nitrogens with one attached hydrogen (secondary N) is 1. The van der Waals surface area contributed by atoms with E-state index in [1.165, 1.54) is 0 Å². The third-order valence-electron chi connectivity index (χ3n) is 3.01. The molecule has 0 aromatic heterocycles. The number of unbranched alkanes of at least 4 members (excludes halogenated alkanes) is 1. The fourth-order valence-electron chi connectivity index (χ4n) is 1.83. The van der Waals surface area contributed by atoms with E-state index < -0.39 is 24.6 Å². The van der Waals surface area contributed by atoms with Gasteiger partial charge in [0.25, 0.3) is 0 Å². The standard InChI is InChI=1S/C11H23BN2O6/c13-11(10(17)18,4-1-2-6-12(19)20)5-3-7-14-8-9(15)16/h14,19-20H,1-8,13H2,(H,15,16)(H,17,18)/t11-/m0/s1. The lowest BCUT2D eigenvalue weighted by Crippen LogP contribution is -2.48. The van der Waals surface area contributed by atoms with Crippen molar-refractivity contribution in [3.8, 4) is 0 Å². The van der Waals surface area contributed by atoms with Crippen molar-refractivity contribution in [2.24, 2.45) is 5.73 Å². The first-order valence-corrected chi connectivity index (χ1v) is 6.59. The summed E-state index contributed by atoms with van der Waals surface area (Å²) in [6.45, 7) is 0.215. The Labute approximate surface area is 118 Å². The summed E-state index contributed by atoms with van der Waals surface area (Å²) in [4.78, 5) is 21.5. The van der Waals surface area contributed by atoms with E-state index in [0.29, 0.717) is 25.8 Å². The van der Waals surface area contributed by atoms with Crippen LogP contribution in [-0.4, -0.2) is 57.9 Å². The van der Waals surface area contributed by atoms with Crippen LogP contribution in [0.5, 0.6) is 0 Å². The highest BCUT2D eigenvalue weighted by atomic mass is 16.4. The van der Waals surface area contributed by atoms with Crippen LogP contribution in [0.3, 0.4) is 0 Å². The van der Waals surface area contributed by atoms with Crippen molar-refractivity contribution >= 4 is 19.1 Å². The van der Waals surface area contributed by atoms with Gasteiger partial charge in [0.05, 0.1) is 6.54 Å². The van der Waals surface area contributed by atoms with E-state index >= 15 is 0 Å². The largest absolute Gasteiger partial charge is 0.480 e. The highest BCUT2D eigenvalue weighted by Crippen LogP contribution is 2.19. The van der Waals surface area contributed by atoms with E-state index in [0.717, 1.165) is 0 Å². The third kappa shape index (κ3) is 8.86. The smallest absolute Gasteiger partial charge is 0.451 e. The van der Waals surface area contributed by atoms with Gasteiger partial charge in [-0.05, 0) is 32.1 Å². The van der Waals surface area contributed by atoms with Crippen LogP contribution in [-0.2, 0) is 9.59 Å². The second kappa shape index (κ2) is 9.70. The van der Waals surface area contributed by atoms with Gasteiger partial charge in [0.2, 0.25) is 0 Å². The first-order chi connectivity index (χ1) is 9.28. The molecule has 20 heavy (non-hydrogen) atoms. The van der Waals surface area contributed by atoms with E-state index in [1.54, 1.807) is 0 Å². The van der Waals surface area contributed by atoms with Gasteiger partial charge >= 0.3 is 19.1 Å². The maximum atomic E-state index is 11.2. The summed E-state index contributed by atoms with van der Waals surface area (Å²) in [6, 6.07) is 0. The lowest BCUT2D eigenvalue weighted by molar-refractivity contribution is -0.144. The SMILES string of the molecule is N[C@@](CCCCB(O)O)(CCCNCC(=O)O)C(=O)O. The second-order valence-electron chi connectivity index (χ2n) is 4.86. The molecule has 1 atom stereocenters. The molecule has 0 aliphatic carbocycles. The molecule has 7 N–H and O–H groups in total. The Bertz CT molecular complexity index is 315. The Hall–Kier alpha value is -1.16. The summed E-state index contributed by atoms with van der Waals surface area (Å²) in [6.07, 6.45) is 2.10. The lowest BCUT2D eigenvalue weighted by atomic mass is 9.81. The van der Waals surface area contributed by atoms with Crippen LogP contribution >= 0.6 is 0 Å². The van der Waals surface area contributed by atoms with Gasteiger partial charge in [-0.2, -0.15) is 0 Å². The van der Waals surface area contributed by atoms with E-state index in [9.17, 15) is 9.59 Å². The average Bonchev–Trinajstić information content (AvgIpc) is 2.33. The van der Waals surface area contributed by atoms with Crippen molar-refractivity contribution in [2.45, 2.75) is 44.0 Å². The van der Waals surface area contributed by atoms with E-state index in [2.05, 4.69) is 5.32 Å². The van der Waals surface area contributed by atoms with Gasteiger partial charge in [-0.3, -0.25) is 9.59 Å². The summed E-state index contributed by atoms with van der Waals surface area (Å²) in [5, 5.41) is 37.6. The summed E-state index contributed by atoms with van der Waals surface area (Å²) >= 11 is 0. The predicted octanol–water partition coefficient (Wildman–Crippen LogP) is -1.13. The number of hydrogen-bond acceptors (Lipinski definition) is 6. The molecule has 0 fully saturated rings. The van der Waals surface area contributed by atoms with Crippen LogP contribution in [0.4, 0.5) is 0 Å². The van der Waals surface area contributed by atoms with Crippen LogP contribution in [0.1, 0.15) is 32.1 Å². The zero-order chi connectivity index (χ0) is 15.6. The van der Waals surface area contributed by atoms with Gasteiger partial charge in [0, 0.05) is 0 Å². The molecule has 116 valence electrons. The minimum atomic E-state index is -1.38. The molecule has 0 aromatic rings. The summed E-state index contributed by atoms with van der Waals surface area (Å²) < 4.78 is 0. The molecule has 0 rings (SSSR count). The van der Waals surface area contributed by atoms with Crippen molar-refractivity contribution in [3.63, 3.8) is 0 Å². The topological polar surface area (TPSA) is 153 Å². The van der Waals surface area contributed by atoms with Gasteiger partial charge in [-0.25, -0.2) is 0 Å². The Morgan fingerprint density at radius 1 is 1.10 bits per heavy atom. The zero-order valence-electron chi connectivity index (χ0n) is 11.4. The van der Waals surface area contributed by atoms with Gasteiger partial charge < -0.3 is 31.3 Å². The first-order valence-electron chi connectivity index (χ1n) is 6.59. The number of carboxylic acids is 2. The van der Waals surface area contributed by atoms with Crippen LogP contribution in [0.15, 0.2) is 0 Å². The van der Waals surface area contributed by atoms with Gasteiger partial charge in [0.15, 0.2) is 0 Å². The number of hydrogen-bond donors (Lipinski definition) is 6. The molecule has 0 saturated carbocycles. The monoisotopic (exact) mass is 290 g/mol. The zero-order valence-corrected chi connectivity index (χ0v) is 11.4. The highest BCUT2D eigenvalue weighted by molar-refractivity contribution is 6.40. The molecule has 0 aromatic carbocycles. The van der Waals surface area contributed by atoms with E-state index in [1.807, 2.05) is 0 Å². The van der Waals surface area contributed by atoms with Gasteiger partial charge in [0.1, 0.15) is 5.54 Å². The summed E-state index contributed by atoms with van der Waals surface area (Å²) in [5.74, 6) is -2.06. The summed E-state index contributed by atoms with van der Waals surface area (Å²) in [7, 11) is -1.38. The Morgan fingerprint density at radius 3 is 2.20 bits per heavy atom. The molecule has 0 unspecified atom stereocenters. The molecule has 0 spiro atoms. The normalized spacial score (nSPS) is 13.8. The van der Waals surface area contributed by atoms with Crippen molar-refractivity contribution in [3.05, 3.63) is 0 Å². The van der Waals surface area contributed by atoms with Crippen LogP contribution in [0.2, 0.25) is 6.32 Å². The van der Waals surface area contributed by atoms with Crippen molar-refractivity contribution in [1.82, 2.24) is 5.32 Å². The lowest BCUT2D eigenvalue weighted by Gasteiger charge is -2.24. The first kappa shape index (κ1) is 18.8. The molecule has 0 bridgehead atoms. The van der Waals surface area contributed by atoms with E-state index in [4.69, 9.17) is 26.0 Å². The minimum Gasteiger partial charge on any atom is -0.480 e. The Kier molecular flexibility index (Phi) is 9.14. The summed E-state index contributed by atoms with van der Waals surface area (Å²) in [5.41, 5.74) is 4.48. The molecule has 9 heteroatoms. The van der Waals surface area contributed by atoms with E-state index in [-0.39, 0.29) is 25.7 Å². The van der Waals surface area contributed by atoms with Crippen molar-refractivity contribution < 1.29 is 29.9 Å². The number of aliphatic carboxylic acids is 2. The average molecular weight is 290 g/mol. The van der Waals surface area contributed by atoms with Crippen molar-refractivity contribution in [1.29, 1.82) is 0 Å². The maximum absolute atomic E-state index is 11.2. The maximum Gasteiger partial charge on any atom is 0.451 e. The molecule has 0 saturated heterocycles. The molecule has 0 amide bonds. The predicted molar refractivity (Wildman–Crippen MR) is 73.1 cm³/mol. The number of rotatable bonds is 12. The van der Waals surface area contributed by atoms with Crippen LogP contribution < -0.4 is 11.1 Å². The fraction of sp³-hybridized carbons (Fsp3) is 0.818. The molecule has 0 aliphatic heterocycles. The number of nitrogens with two attached hydrogens (primary N) is 1. The molecular weight excluding hydrogens is 267 g/mol. The Balaban J connectivity index is 3.99.